The van der Waals surface area contributed by atoms with Gasteiger partial charge in [0.25, 0.3) is 0 Å². The molecule has 3 atom stereocenters. The largest absolute Gasteiger partial charge is 0.466 e. The monoisotopic (exact) mass is 306 g/mol. The number of methoxy groups -OCH3 is 2. The Morgan fingerprint density at radius 3 is 2.59 bits per heavy atom. The van der Waals surface area contributed by atoms with Gasteiger partial charge in [-0.3, -0.25) is 0 Å². The number of fused-ring (bicyclic) bond motifs is 1. The van der Waals surface area contributed by atoms with Crippen molar-refractivity contribution in [3.63, 3.8) is 0 Å². The van der Waals surface area contributed by atoms with E-state index in [0.29, 0.717) is 24.0 Å². The SMILES string of the molecule is C=C[C@@]1(C)C[C@]2(OC)OC(=O)C(C)=C2C[C@H]1C(=C)C(=O)OC. The standard InChI is InChI=1S/C17H22O5/c1-7-16(4)9-17(21-6)13(11(3)15(19)22-17)8-12(16)10(2)14(18)20-5/h7,12H,1-2,8-9H2,3-6H3/t12-,16-,17-/m0/s1. The van der Waals surface area contributed by atoms with Crippen molar-refractivity contribution in [2.24, 2.45) is 11.3 Å². The Balaban J connectivity index is 2.50. The summed E-state index contributed by atoms with van der Waals surface area (Å²) in [5, 5.41) is 0. The molecule has 0 aromatic rings. The lowest BCUT2D eigenvalue weighted by Gasteiger charge is -2.47. The Bertz CT molecular complexity index is 588. The van der Waals surface area contributed by atoms with E-state index in [2.05, 4.69) is 13.2 Å². The van der Waals surface area contributed by atoms with Gasteiger partial charge in [0.05, 0.1) is 7.11 Å². The van der Waals surface area contributed by atoms with Crippen molar-refractivity contribution in [1.82, 2.24) is 0 Å². The van der Waals surface area contributed by atoms with Crippen LogP contribution in [0.25, 0.3) is 0 Å². The van der Waals surface area contributed by atoms with E-state index in [0.717, 1.165) is 5.57 Å². The molecule has 2 rings (SSSR count). The van der Waals surface area contributed by atoms with Crippen LogP contribution in [0.1, 0.15) is 26.7 Å². The number of rotatable bonds is 4. The lowest BCUT2D eigenvalue weighted by Crippen LogP contribution is -2.48. The molecular weight excluding hydrogens is 284 g/mol. The first kappa shape index (κ1) is 16.5. The molecule has 1 aliphatic carbocycles. The summed E-state index contributed by atoms with van der Waals surface area (Å²) in [6, 6.07) is 0. The molecule has 0 unspecified atom stereocenters. The van der Waals surface area contributed by atoms with Gasteiger partial charge in [0.15, 0.2) is 0 Å². The van der Waals surface area contributed by atoms with Gasteiger partial charge in [-0.1, -0.05) is 19.6 Å². The van der Waals surface area contributed by atoms with Gasteiger partial charge >= 0.3 is 11.9 Å². The fourth-order valence-corrected chi connectivity index (χ4v) is 3.46. The molecule has 120 valence electrons. The number of esters is 2. The molecule has 0 radical (unpaired) electrons. The van der Waals surface area contributed by atoms with Crippen LogP contribution >= 0.6 is 0 Å². The molecular formula is C17H22O5. The number of hydrogen-bond acceptors (Lipinski definition) is 5. The van der Waals surface area contributed by atoms with Crippen LogP contribution in [0, 0.1) is 11.3 Å². The predicted molar refractivity (Wildman–Crippen MR) is 80.7 cm³/mol. The number of carbonyl (C=O) groups is 2. The van der Waals surface area contributed by atoms with Crippen LogP contribution in [0.5, 0.6) is 0 Å². The smallest absolute Gasteiger partial charge is 0.336 e. The van der Waals surface area contributed by atoms with Crippen LogP contribution in [0.15, 0.2) is 36.0 Å². The Labute approximate surface area is 130 Å². The number of ether oxygens (including phenoxy) is 3. The first-order chi connectivity index (χ1) is 10.2. The molecule has 2 aliphatic rings. The molecule has 5 heteroatoms. The Kier molecular flexibility index (Phi) is 4.04. The average Bonchev–Trinajstić information content (AvgIpc) is 2.75. The van der Waals surface area contributed by atoms with E-state index >= 15 is 0 Å². The van der Waals surface area contributed by atoms with Crippen LogP contribution < -0.4 is 0 Å². The molecule has 0 amide bonds. The molecule has 5 nitrogen and oxygen atoms in total. The molecule has 0 aromatic heterocycles. The summed E-state index contributed by atoms with van der Waals surface area (Å²) in [5.41, 5.74) is 1.18. The van der Waals surface area contributed by atoms with Crippen LogP contribution in [0.2, 0.25) is 0 Å². The van der Waals surface area contributed by atoms with Crippen LogP contribution in [-0.2, 0) is 23.8 Å². The highest BCUT2D eigenvalue weighted by Gasteiger charge is 2.57. The zero-order valence-electron chi connectivity index (χ0n) is 13.5. The third-order valence-corrected chi connectivity index (χ3v) is 4.96. The van der Waals surface area contributed by atoms with E-state index in [9.17, 15) is 9.59 Å². The molecule has 1 heterocycles. The summed E-state index contributed by atoms with van der Waals surface area (Å²) in [5.74, 6) is -2.13. The third-order valence-electron chi connectivity index (χ3n) is 4.96. The van der Waals surface area contributed by atoms with Crippen molar-refractivity contribution < 1.29 is 23.8 Å². The molecule has 0 aromatic carbocycles. The Hall–Kier alpha value is -1.88. The topological polar surface area (TPSA) is 61.8 Å². The maximum Gasteiger partial charge on any atom is 0.336 e. The van der Waals surface area contributed by atoms with Gasteiger partial charge < -0.3 is 14.2 Å². The summed E-state index contributed by atoms with van der Waals surface area (Å²) in [6.45, 7) is 11.4. The van der Waals surface area contributed by atoms with Crippen molar-refractivity contribution in [2.75, 3.05) is 14.2 Å². The minimum atomic E-state index is -1.07. The quantitative estimate of drug-likeness (QED) is 0.454. The lowest BCUT2D eigenvalue weighted by molar-refractivity contribution is -0.210. The summed E-state index contributed by atoms with van der Waals surface area (Å²) in [4.78, 5) is 23.9. The van der Waals surface area contributed by atoms with E-state index in [4.69, 9.17) is 14.2 Å². The molecule has 0 spiro atoms. The zero-order chi connectivity index (χ0) is 16.7. The van der Waals surface area contributed by atoms with Crippen molar-refractivity contribution in [3.8, 4) is 0 Å². The van der Waals surface area contributed by atoms with Crippen molar-refractivity contribution >= 4 is 11.9 Å². The van der Waals surface area contributed by atoms with E-state index in [1.165, 1.54) is 14.2 Å². The molecule has 1 fully saturated rings. The fraction of sp³-hybridized carbons (Fsp3) is 0.529. The van der Waals surface area contributed by atoms with E-state index < -0.39 is 17.2 Å². The van der Waals surface area contributed by atoms with Crippen LogP contribution in [-0.4, -0.2) is 31.9 Å². The second-order valence-electron chi connectivity index (χ2n) is 6.11. The molecule has 1 saturated carbocycles. The third kappa shape index (κ3) is 2.20. The van der Waals surface area contributed by atoms with Gasteiger partial charge in [0.2, 0.25) is 5.79 Å². The summed E-state index contributed by atoms with van der Waals surface area (Å²) >= 11 is 0. The van der Waals surface area contributed by atoms with Gasteiger partial charge in [-0.25, -0.2) is 9.59 Å². The van der Waals surface area contributed by atoms with Gasteiger partial charge in [-0.2, -0.15) is 0 Å². The summed E-state index contributed by atoms with van der Waals surface area (Å²) in [6.07, 6.45) is 2.60. The van der Waals surface area contributed by atoms with Crippen LogP contribution in [0.3, 0.4) is 0 Å². The maximum absolute atomic E-state index is 12.0. The first-order valence-corrected chi connectivity index (χ1v) is 7.14. The normalized spacial score (nSPS) is 34.0. The van der Waals surface area contributed by atoms with Gasteiger partial charge in [-0.05, 0) is 18.8 Å². The number of allylic oxidation sites excluding steroid dienone is 1. The van der Waals surface area contributed by atoms with E-state index in [1.807, 2.05) is 6.92 Å². The highest BCUT2D eigenvalue weighted by atomic mass is 16.7. The molecule has 0 saturated heterocycles. The number of hydrogen-bond donors (Lipinski definition) is 0. The minimum Gasteiger partial charge on any atom is -0.466 e. The maximum atomic E-state index is 12.0. The predicted octanol–water partition coefficient (Wildman–Crippen LogP) is 2.53. The minimum absolute atomic E-state index is 0.222. The first-order valence-electron chi connectivity index (χ1n) is 7.14. The highest BCUT2D eigenvalue weighted by Crippen LogP contribution is 2.55. The second-order valence-corrected chi connectivity index (χ2v) is 6.11. The lowest BCUT2D eigenvalue weighted by atomic mass is 9.61. The Morgan fingerprint density at radius 1 is 1.45 bits per heavy atom. The van der Waals surface area contributed by atoms with Crippen LogP contribution in [0.4, 0.5) is 0 Å². The van der Waals surface area contributed by atoms with Crippen molar-refractivity contribution in [3.05, 3.63) is 36.0 Å². The van der Waals surface area contributed by atoms with Crippen molar-refractivity contribution in [1.29, 1.82) is 0 Å². The Morgan fingerprint density at radius 2 is 2.09 bits per heavy atom. The van der Waals surface area contributed by atoms with Gasteiger partial charge in [0, 0.05) is 36.2 Å². The second kappa shape index (κ2) is 5.39. The fourth-order valence-electron chi connectivity index (χ4n) is 3.46. The number of carbonyl (C=O) groups excluding carboxylic acids is 2. The van der Waals surface area contributed by atoms with E-state index in [1.54, 1.807) is 13.0 Å². The van der Waals surface area contributed by atoms with Crippen molar-refractivity contribution in [2.45, 2.75) is 32.5 Å². The zero-order valence-corrected chi connectivity index (χ0v) is 13.5. The highest BCUT2D eigenvalue weighted by molar-refractivity contribution is 5.93. The summed E-state index contributed by atoms with van der Waals surface area (Å²) in [7, 11) is 2.85. The molecule has 22 heavy (non-hydrogen) atoms. The van der Waals surface area contributed by atoms with Gasteiger partial charge in [-0.15, -0.1) is 6.58 Å². The summed E-state index contributed by atoms with van der Waals surface area (Å²) < 4.78 is 15.9. The molecule has 0 bridgehead atoms. The average molecular weight is 306 g/mol. The van der Waals surface area contributed by atoms with E-state index in [-0.39, 0.29) is 11.9 Å². The molecule has 0 N–H and O–H groups in total. The van der Waals surface area contributed by atoms with Gasteiger partial charge in [0.1, 0.15) is 0 Å². The molecule has 1 aliphatic heterocycles.